The minimum absolute atomic E-state index is 0.000674. The Labute approximate surface area is 167 Å². The van der Waals surface area contributed by atoms with E-state index >= 15 is 0 Å². The summed E-state index contributed by atoms with van der Waals surface area (Å²) >= 11 is 0. The Hall–Kier alpha value is -2.35. The molecule has 0 radical (unpaired) electrons. The summed E-state index contributed by atoms with van der Waals surface area (Å²) in [5, 5.41) is 14.0. The predicted octanol–water partition coefficient (Wildman–Crippen LogP) is 3.33. The second kappa shape index (κ2) is 11.5. The molecule has 1 rings (SSSR count). The van der Waals surface area contributed by atoms with Crippen LogP contribution in [0.2, 0.25) is 0 Å². The Morgan fingerprint density at radius 3 is 2.61 bits per heavy atom. The number of nitrogens with one attached hydrogen (secondary N) is 1. The Morgan fingerprint density at radius 1 is 1.36 bits per heavy atom. The molecule has 1 aromatic heterocycles. The first-order chi connectivity index (χ1) is 13.1. The smallest absolute Gasteiger partial charge is 0.429 e. The summed E-state index contributed by atoms with van der Waals surface area (Å²) in [5.74, 6) is -0.903. The number of rotatable bonds is 11. The summed E-state index contributed by atoms with van der Waals surface area (Å²) in [7, 11) is 0. The van der Waals surface area contributed by atoms with Gasteiger partial charge >= 0.3 is 12.1 Å². The van der Waals surface area contributed by atoms with Crippen LogP contribution in [0.1, 0.15) is 60.3 Å². The molecule has 0 fully saturated rings. The zero-order valence-electron chi connectivity index (χ0n) is 17.6. The van der Waals surface area contributed by atoms with E-state index in [9.17, 15) is 9.59 Å². The first-order valence-electron chi connectivity index (χ1n) is 9.78. The summed E-state index contributed by atoms with van der Waals surface area (Å²) in [6.45, 7) is 10.3. The van der Waals surface area contributed by atoms with Crippen molar-refractivity contribution in [2.45, 2.75) is 71.9 Å². The highest BCUT2D eigenvalue weighted by atomic mass is 16.6. The molecule has 0 bridgehead atoms. The fourth-order valence-corrected chi connectivity index (χ4v) is 2.57. The van der Waals surface area contributed by atoms with E-state index in [1.54, 1.807) is 36.4 Å². The minimum Gasteiger partial charge on any atom is -0.478 e. The average Bonchev–Trinajstić information content (AvgIpc) is 3.11. The fourth-order valence-electron chi connectivity index (χ4n) is 2.57. The van der Waals surface area contributed by atoms with Crippen LogP contribution >= 0.6 is 0 Å². The Morgan fingerprint density at radius 2 is 2.07 bits per heavy atom. The standard InChI is InChI=1S/C20H34N4O4/c1-6-7-9-17(14-16(2)18(25)26)22-10-8-12-24(23-13-11-21-15-23)19(27)28-20(3,4)5/h11,13-15,17,22H,6-10,12H2,1-5H3,(H,25,26). The lowest BCUT2D eigenvalue weighted by Crippen LogP contribution is -2.44. The molecule has 8 nitrogen and oxygen atoms in total. The summed E-state index contributed by atoms with van der Waals surface area (Å²) in [5.41, 5.74) is -0.249. The van der Waals surface area contributed by atoms with Crippen LogP contribution in [0.25, 0.3) is 0 Å². The third-order valence-electron chi connectivity index (χ3n) is 3.98. The second-order valence-electron chi connectivity index (χ2n) is 7.76. The van der Waals surface area contributed by atoms with E-state index in [4.69, 9.17) is 9.84 Å². The molecule has 2 N–H and O–H groups in total. The molecule has 158 valence electrons. The molecule has 28 heavy (non-hydrogen) atoms. The number of carboxylic acid groups (broad SMARTS) is 1. The van der Waals surface area contributed by atoms with Crippen molar-refractivity contribution < 1.29 is 19.4 Å². The van der Waals surface area contributed by atoms with Crippen molar-refractivity contribution in [2.24, 2.45) is 0 Å². The maximum Gasteiger partial charge on any atom is 0.429 e. The van der Waals surface area contributed by atoms with Gasteiger partial charge in [0.1, 0.15) is 11.9 Å². The molecule has 1 atom stereocenters. The number of unbranched alkanes of at least 4 members (excludes halogenated alkanes) is 1. The molecular formula is C20H34N4O4. The van der Waals surface area contributed by atoms with Crippen molar-refractivity contribution in [3.8, 4) is 0 Å². The first-order valence-corrected chi connectivity index (χ1v) is 9.78. The lowest BCUT2D eigenvalue weighted by molar-refractivity contribution is -0.132. The number of aliphatic carboxylic acids is 1. The number of nitrogens with zero attached hydrogens (tertiary/aromatic N) is 3. The van der Waals surface area contributed by atoms with Gasteiger partial charge in [-0.25, -0.2) is 24.3 Å². The summed E-state index contributed by atoms with van der Waals surface area (Å²) in [6, 6.07) is -0.000674. The molecule has 0 saturated carbocycles. The topological polar surface area (TPSA) is 96.7 Å². The highest BCUT2D eigenvalue weighted by Gasteiger charge is 2.23. The first kappa shape index (κ1) is 23.7. The number of hydrogen-bond donors (Lipinski definition) is 2. The molecule has 0 aliphatic heterocycles. The van der Waals surface area contributed by atoms with E-state index in [0.29, 0.717) is 25.1 Å². The Kier molecular flexibility index (Phi) is 9.72. The van der Waals surface area contributed by atoms with Crippen molar-refractivity contribution in [3.63, 3.8) is 0 Å². The summed E-state index contributed by atoms with van der Waals surface area (Å²) in [6.07, 6.45) is 9.80. The zero-order valence-corrected chi connectivity index (χ0v) is 17.6. The Bertz CT molecular complexity index is 635. The van der Waals surface area contributed by atoms with Crippen LogP contribution < -0.4 is 10.3 Å². The fraction of sp³-hybridized carbons (Fsp3) is 0.650. The Balaban J connectivity index is 2.65. The number of carbonyl (C=O) groups excluding carboxylic acids is 1. The highest BCUT2D eigenvalue weighted by molar-refractivity contribution is 5.85. The van der Waals surface area contributed by atoms with E-state index in [1.165, 1.54) is 5.01 Å². The predicted molar refractivity (Wildman–Crippen MR) is 109 cm³/mol. The molecule has 0 saturated heterocycles. The molecular weight excluding hydrogens is 360 g/mol. The molecule has 8 heteroatoms. The second-order valence-corrected chi connectivity index (χ2v) is 7.76. The van der Waals surface area contributed by atoms with Crippen molar-refractivity contribution in [1.29, 1.82) is 0 Å². The summed E-state index contributed by atoms with van der Waals surface area (Å²) in [4.78, 5) is 27.6. The maximum absolute atomic E-state index is 12.5. The normalized spacial score (nSPS) is 13.2. The van der Waals surface area contributed by atoms with E-state index in [0.717, 1.165) is 19.3 Å². The highest BCUT2D eigenvalue weighted by Crippen LogP contribution is 2.10. The van der Waals surface area contributed by atoms with Gasteiger partial charge in [0.15, 0.2) is 0 Å². The third kappa shape index (κ3) is 9.03. The molecule has 1 amide bonds. The van der Waals surface area contributed by atoms with Gasteiger partial charge in [-0.2, -0.15) is 0 Å². The molecule has 0 spiro atoms. The van der Waals surface area contributed by atoms with Crippen molar-refractivity contribution >= 4 is 12.1 Å². The average molecular weight is 395 g/mol. The van der Waals surface area contributed by atoms with Gasteiger partial charge in [-0.3, -0.25) is 0 Å². The van der Waals surface area contributed by atoms with Gasteiger partial charge in [0, 0.05) is 30.6 Å². The number of carbonyl (C=O) groups is 2. The third-order valence-corrected chi connectivity index (χ3v) is 3.98. The lowest BCUT2D eigenvalue weighted by Gasteiger charge is -2.28. The molecule has 0 aliphatic carbocycles. The van der Waals surface area contributed by atoms with E-state index in [1.807, 2.05) is 20.8 Å². The largest absolute Gasteiger partial charge is 0.478 e. The van der Waals surface area contributed by atoms with Crippen molar-refractivity contribution in [2.75, 3.05) is 18.1 Å². The van der Waals surface area contributed by atoms with Gasteiger partial charge in [0.05, 0.1) is 0 Å². The van der Waals surface area contributed by atoms with Crippen LogP contribution in [-0.4, -0.2) is 51.6 Å². The van der Waals surface area contributed by atoms with Gasteiger partial charge in [0.2, 0.25) is 0 Å². The van der Waals surface area contributed by atoms with Gasteiger partial charge in [-0.05, 0) is 47.1 Å². The van der Waals surface area contributed by atoms with Crippen LogP contribution in [0.3, 0.4) is 0 Å². The van der Waals surface area contributed by atoms with Crippen molar-refractivity contribution in [1.82, 2.24) is 15.0 Å². The summed E-state index contributed by atoms with van der Waals surface area (Å²) < 4.78 is 7.09. The quantitative estimate of drug-likeness (QED) is 0.441. The number of aromatic nitrogens is 2. The number of hydrogen-bond acceptors (Lipinski definition) is 5. The van der Waals surface area contributed by atoms with E-state index < -0.39 is 17.7 Å². The zero-order chi connectivity index (χ0) is 21.2. The van der Waals surface area contributed by atoms with E-state index in [-0.39, 0.29) is 6.04 Å². The maximum atomic E-state index is 12.5. The monoisotopic (exact) mass is 394 g/mol. The lowest BCUT2D eigenvalue weighted by atomic mass is 10.1. The molecule has 1 heterocycles. The molecule has 1 aromatic rings. The molecule has 0 aliphatic rings. The minimum atomic E-state index is -0.903. The van der Waals surface area contributed by atoms with Gasteiger partial charge in [-0.15, -0.1) is 0 Å². The van der Waals surface area contributed by atoms with Crippen LogP contribution in [0.4, 0.5) is 4.79 Å². The molecule has 1 unspecified atom stereocenters. The number of imidazole rings is 1. The SMILES string of the molecule is CCCCC(C=C(C)C(=O)O)NCCCN(C(=O)OC(C)(C)C)n1ccnc1. The van der Waals surface area contributed by atoms with Gasteiger partial charge in [-0.1, -0.05) is 25.8 Å². The van der Waals surface area contributed by atoms with Crippen LogP contribution in [0.5, 0.6) is 0 Å². The van der Waals surface area contributed by atoms with Crippen LogP contribution in [-0.2, 0) is 9.53 Å². The van der Waals surface area contributed by atoms with E-state index in [2.05, 4.69) is 17.2 Å². The van der Waals surface area contributed by atoms with Gasteiger partial charge in [0.25, 0.3) is 0 Å². The number of carboxylic acids is 1. The number of amides is 1. The van der Waals surface area contributed by atoms with Gasteiger partial charge < -0.3 is 15.2 Å². The van der Waals surface area contributed by atoms with Crippen molar-refractivity contribution in [3.05, 3.63) is 30.4 Å². The van der Waals surface area contributed by atoms with Crippen LogP contribution in [0.15, 0.2) is 30.4 Å². The van der Waals surface area contributed by atoms with Crippen LogP contribution in [0, 0.1) is 0 Å². The number of ether oxygens (including phenoxy) is 1. The molecule has 0 aromatic carbocycles.